The Hall–Kier alpha value is -2.70. The molecule has 0 radical (unpaired) electrons. The number of carbonyl (C=O) groups is 1. The van der Waals surface area contributed by atoms with Crippen molar-refractivity contribution in [3.05, 3.63) is 48.5 Å². The molecule has 1 aliphatic rings. The van der Waals surface area contributed by atoms with Gasteiger partial charge in [0.25, 0.3) is 5.91 Å². The van der Waals surface area contributed by atoms with Crippen LogP contribution in [0, 0.1) is 0 Å². The molecule has 0 unspecified atom stereocenters. The number of aryl methyl sites for hydroxylation is 1. The van der Waals surface area contributed by atoms with Gasteiger partial charge in [-0.3, -0.25) is 4.79 Å². The summed E-state index contributed by atoms with van der Waals surface area (Å²) in [7, 11) is 2.00. The summed E-state index contributed by atoms with van der Waals surface area (Å²) in [4.78, 5) is 16.8. The van der Waals surface area contributed by atoms with Crippen molar-refractivity contribution in [2.75, 3.05) is 25.1 Å². The number of carbonyl (C=O) groups excluding carboxylic acids is 1. The first-order valence-corrected chi connectivity index (χ1v) is 8.24. The Morgan fingerprint density at radius 1 is 1.16 bits per heavy atom. The molecule has 1 N–H and O–H groups in total. The lowest BCUT2D eigenvalue weighted by Gasteiger charge is -2.22. The highest BCUT2D eigenvalue weighted by molar-refractivity contribution is 5.94. The highest BCUT2D eigenvalue weighted by atomic mass is 16.6. The van der Waals surface area contributed by atoms with Crippen molar-refractivity contribution in [1.29, 1.82) is 0 Å². The van der Waals surface area contributed by atoms with Crippen LogP contribution in [0.15, 0.2) is 48.5 Å². The minimum Gasteiger partial charge on any atom is -0.376 e. The molecule has 128 valence electrons. The first-order valence-electron chi connectivity index (χ1n) is 8.24. The summed E-state index contributed by atoms with van der Waals surface area (Å²) in [6.45, 7) is 1.28. The van der Waals surface area contributed by atoms with Gasteiger partial charge >= 0.3 is 0 Å². The number of imidazole rings is 1. The van der Waals surface area contributed by atoms with Crippen LogP contribution >= 0.6 is 0 Å². The van der Waals surface area contributed by atoms with Crippen LogP contribution in [0.1, 0.15) is 0 Å². The zero-order valence-electron chi connectivity index (χ0n) is 13.9. The summed E-state index contributed by atoms with van der Waals surface area (Å²) < 4.78 is 12.7. The third-order valence-electron chi connectivity index (χ3n) is 4.31. The van der Waals surface area contributed by atoms with Gasteiger partial charge in [-0.1, -0.05) is 12.1 Å². The molecule has 6 heteroatoms. The largest absolute Gasteiger partial charge is 0.376 e. The zero-order chi connectivity index (χ0) is 17.2. The predicted octanol–water partition coefficient (Wildman–Crippen LogP) is 2.59. The molecule has 2 heterocycles. The van der Waals surface area contributed by atoms with E-state index in [4.69, 9.17) is 9.47 Å². The van der Waals surface area contributed by atoms with Crippen LogP contribution in [0.2, 0.25) is 0 Å². The van der Waals surface area contributed by atoms with Gasteiger partial charge < -0.3 is 19.4 Å². The van der Waals surface area contributed by atoms with Crippen LogP contribution in [0.5, 0.6) is 0 Å². The molecule has 0 spiro atoms. The quantitative estimate of drug-likeness (QED) is 0.798. The Bertz CT molecular complexity index is 896. The Morgan fingerprint density at radius 2 is 1.96 bits per heavy atom. The van der Waals surface area contributed by atoms with Crippen LogP contribution in [0.4, 0.5) is 5.69 Å². The van der Waals surface area contributed by atoms with E-state index in [1.165, 1.54) is 0 Å². The molecule has 0 bridgehead atoms. The fourth-order valence-corrected chi connectivity index (χ4v) is 2.97. The number of nitrogens with one attached hydrogen (secondary N) is 1. The minimum atomic E-state index is -0.548. The van der Waals surface area contributed by atoms with Gasteiger partial charge in [0.15, 0.2) is 6.10 Å². The van der Waals surface area contributed by atoms with Crippen molar-refractivity contribution in [2.45, 2.75) is 6.10 Å². The maximum absolute atomic E-state index is 12.2. The van der Waals surface area contributed by atoms with Crippen molar-refractivity contribution in [1.82, 2.24) is 9.55 Å². The van der Waals surface area contributed by atoms with E-state index in [2.05, 4.69) is 14.9 Å². The van der Waals surface area contributed by atoms with E-state index in [-0.39, 0.29) is 5.91 Å². The zero-order valence-corrected chi connectivity index (χ0v) is 13.9. The molecule has 3 aromatic rings. The molecule has 4 rings (SSSR count). The summed E-state index contributed by atoms with van der Waals surface area (Å²) >= 11 is 0. The van der Waals surface area contributed by atoms with Gasteiger partial charge in [0.1, 0.15) is 5.82 Å². The normalized spacial score (nSPS) is 17.6. The molecule has 25 heavy (non-hydrogen) atoms. The van der Waals surface area contributed by atoms with Crippen molar-refractivity contribution in [3.63, 3.8) is 0 Å². The first-order chi connectivity index (χ1) is 12.2. The molecular weight excluding hydrogens is 318 g/mol. The molecule has 1 saturated heterocycles. The van der Waals surface area contributed by atoms with Gasteiger partial charge in [0.05, 0.1) is 30.9 Å². The van der Waals surface area contributed by atoms with Crippen molar-refractivity contribution < 1.29 is 14.3 Å². The fraction of sp³-hybridized carbons (Fsp3) is 0.263. The van der Waals surface area contributed by atoms with Crippen LogP contribution in [0.25, 0.3) is 22.4 Å². The number of aromatic nitrogens is 2. The van der Waals surface area contributed by atoms with E-state index in [0.717, 1.165) is 28.1 Å². The number of benzene rings is 2. The van der Waals surface area contributed by atoms with E-state index in [0.29, 0.717) is 19.8 Å². The second-order valence-electron chi connectivity index (χ2n) is 5.98. The summed E-state index contributed by atoms with van der Waals surface area (Å²) in [5.41, 5.74) is 3.77. The van der Waals surface area contributed by atoms with Gasteiger partial charge in [-0.2, -0.15) is 0 Å². The standard InChI is InChI=1S/C19H19N3O3/c1-22-16-5-3-2-4-15(16)21-18(22)13-6-8-14(9-7-13)20-19(23)17-12-24-10-11-25-17/h2-9,17H,10-12H2,1H3,(H,20,23)/t17-/m0/s1. The molecule has 1 amide bonds. The third kappa shape index (κ3) is 3.14. The number of anilines is 1. The maximum atomic E-state index is 12.2. The van der Waals surface area contributed by atoms with Crippen LogP contribution < -0.4 is 5.32 Å². The molecule has 1 aliphatic heterocycles. The van der Waals surface area contributed by atoms with Crippen LogP contribution in [-0.4, -0.2) is 41.4 Å². The van der Waals surface area contributed by atoms with Crippen LogP contribution in [-0.2, 0) is 21.3 Å². The minimum absolute atomic E-state index is 0.185. The van der Waals surface area contributed by atoms with E-state index in [9.17, 15) is 4.79 Å². The Kier molecular flexibility index (Phi) is 4.21. The molecule has 1 aromatic heterocycles. The van der Waals surface area contributed by atoms with Gasteiger partial charge in [-0.25, -0.2) is 4.98 Å². The van der Waals surface area contributed by atoms with Gasteiger partial charge in [0.2, 0.25) is 0 Å². The molecule has 0 aliphatic carbocycles. The number of ether oxygens (including phenoxy) is 2. The number of hydrogen-bond donors (Lipinski definition) is 1. The number of nitrogens with zero attached hydrogens (tertiary/aromatic N) is 2. The highest BCUT2D eigenvalue weighted by Crippen LogP contribution is 2.24. The Labute approximate surface area is 145 Å². The number of rotatable bonds is 3. The summed E-state index contributed by atoms with van der Waals surface area (Å²) in [5, 5.41) is 2.86. The smallest absolute Gasteiger partial charge is 0.255 e. The lowest BCUT2D eigenvalue weighted by Crippen LogP contribution is -2.39. The van der Waals surface area contributed by atoms with E-state index >= 15 is 0 Å². The van der Waals surface area contributed by atoms with Crippen molar-refractivity contribution in [2.24, 2.45) is 7.05 Å². The lowest BCUT2D eigenvalue weighted by atomic mass is 10.2. The number of fused-ring (bicyclic) bond motifs is 1. The third-order valence-corrected chi connectivity index (χ3v) is 4.31. The first kappa shape index (κ1) is 15.8. The summed E-state index contributed by atoms with van der Waals surface area (Å²) in [6.07, 6.45) is -0.548. The molecule has 2 aromatic carbocycles. The fourth-order valence-electron chi connectivity index (χ4n) is 2.97. The maximum Gasteiger partial charge on any atom is 0.255 e. The van der Waals surface area contributed by atoms with E-state index in [1.54, 1.807) is 0 Å². The summed E-state index contributed by atoms with van der Waals surface area (Å²) in [5.74, 6) is 0.707. The molecule has 1 atom stereocenters. The SMILES string of the molecule is Cn1c(-c2ccc(NC(=O)[C@@H]3COCCO3)cc2)nc2ccccc21. The highest BCUT2D eigenvalue weighted by Gasteiger charge is 2.22. The van der Waals surface area contributed by atoms with Crippen molar-refractivity contribution >= 4 is 22.6 Å². The van der Waals surface area contributed by atoms with Gasteiger partial charge in [-0.05, 0) is 36.4 Å². The number of amides is 1. The Balaban J connectivity index is 1.53. The van der Waals surface area contributed by atoms with Gasteiger partial charge in [0, 0.05) is 18.3 Å². The second kappa shape index (κ2) is 6.66. The molecule has 6 nitrogen and oxygen atoms in total. The predicted molar refractivity (Wildman–Crippen MR) is 95.3 cm³/mol. The topological polar surface area (TPSA) is 65.4 Å². The van der Waals surface area contributed by atoms with Crippen LogP contribution in [0.3, 0.4) is 0 Å². The average Bonchev–Trinajstić information content (AvgIpc) is 3.00. The molecular formula is C19H19N3O3. The van der Waals surface area contributed by atoms with E-state index < -0.39 is 6.10 Å². The monoisotopic (exact) mass is 337 g/mol. The van der Waals surface area contributed by atoms with E-state index in [1.807, 2.05) is 55.6 Å². The second-order valence-corrected chi connectivity index (χ2v) is 5.98. The average molecular weight is 337 g/mol. The molecule has 1 fully saturated rings. The van der Waals surface area contributed by atoms with Gasteiger partial charge in [-0.15, -0.1) is 0 Å². The van der Waals surface area contributed by atoms with Crippen molar-refractivity contribution in [3.8, 4) is 11.4 Å². The lowest BCUT2D eigenvalue weighted by molar-refractivity contribution is -0.142. The number of hydrogen-bond acceptors (Lipinski definition) is 4. The number of para-hydroxylation sites is 2. The Morgan fingerprint density at radius 3 is 2.68 bits per heavy atom. The summed E-state index contributed by atoms with van der Waals surface area (Å²) in [6, 6.07) is 15.7. The molecule has 0 saturated carbocycles.